The van der Waals surface area contributed by atoms with Crippen molar-refractivity contribution < 1.29 is 18.3 Å². The molecule has 2 aromatic rings. The number of halogens is 2. The number of benzene rings is 2. The van der Waals surface area contributed by atoms with Crippen molar-refractivity contribution in [1.82, 2.24) is 0 Å². The molecule has 0 aromatic heterocycles. The first-order valence-electron chi connectivity index (χ1n) is 6.54. The predicted molar refractivity (Wildman–Crippen MR) is 75.8 cm³/mol. The van der Waals surface area contributed by atoms with Gasteiger partial charge < -0.3 is 10.1 Å². The SMILES string of the molecule is CCOC(=O)C(Nc1cccc(F)c1)c1ccc(F)cc1. The Hall–Kier alpha value is -2.43. The van der Waals surface area contributed by atoms with E-state index in [0.29, 0.717) is 11.3 Å². The molecular formula is C16H15F2NO2. The Morgan fingerprint density at radius 2 is 1.86 bits per heavy atom. The van der Waals surface area contributed by atoms with Crippen LogP contribution in [-0.4, -0.2) is 12.6 Å². The molecule has 0 amide bonds. The van der Waals surface area contributed by atoms with Gasteiger partial charge in [0.1, 0.15) is 11.6 Å². The van der Waals surface area contributed by atoms with Crippen LogP contribution < -0.4 is 5.32 Å². The summed E-state index contributed by atoms with van der Waals surface area (Å²) in [6.45, 7) is 1.92. The highest BCUT2D eigenvalue weighted by molar-refractivity contribution is 5.81. The highest BCUT2D eigenvalue weighted by atomic mass is 19.1. The minimum absolute atomic E-state index is 0.224. The van der Waals surface area contributed by atoms with Gasteiger partial charge in [-0.25, -0.2) is 13.6 Å². The molecular weight excluding hydrogens is 276 g/mol. The molecule has 2 rings (SSSR count). The molecule has 1 unspecified atom stereocenters. The van der Waals surface area contributed by atoms with E-state index in [1.54, 1.807) is 13.0 Å². The van der Waals surface area contributed by atoms with Crippen molar-refractivity contribution >= 4 is 11.7 Å². The van der Waals surface area contributed by atoms with Crippen LogP contribution in [0.2, 0.25) is 0 Å². The lowest BCUT2D eigenvalue weighted by atomic mass is 10.1. The Kier molecular flexibility index (Phi) is 4.87. The molecule has 0 aliphatic rings. The minimum atomic E-state index is -0.827. The predicted octanol–water partition coefficient (Wildman–Crippen LogP) is 3.68. The van der Waals surface area contributed by atoms with Gasteiger partial charge in [0.05, 0.1) is 6.61 Å². The van der Waals surface area contributed by atoms with Crippen LogP contribution in [0.25, 0.3) is 0 Å². The molecule has 0 radical (unpaired) electrons. The van der Waals surface area contributed by atoms with Crippen molar-refractivity contribution in [1.29, 1.82) is 0 Å². The fraction of sp³-hybridized carbons (Fsp3) is 0.188. The minimum Gasteiger partial charge on any atom is -0.464 e. The van der Waals surface area contributed by atoms with Crippen LogP contribution in [0.15, 0.2) is 48.5 Å². The van der Waals surface area contributed by atoms with Gasteiger partial charge in [-0.2, -0.15) is 0 Å². The summed E-state index contributed by atoms with van der Waals surface area (Å²) in [5.74, 6) is -1.32. The van der Waals surface area contributed by atoms with Crippen molar-refractivity contribution in [3.05, 3.63) is 65.7 Å². The van der Waals surface area contributed by atoms with Crippen molar-refractivity contribution in [3.8, 4) is 0 Å². The van der Waals surface area contributed by atoms with E-state index >= 15 is 0 Å². The number of nitrogens with one attached hydrogen (secondary N) is 1. The van der Waals surface area contributed by atoms with Crippen LogP contribution >= 0.6 is 0 Å². The second-order valence-corrected chi connectivity index (χ2v) is 4.39. The van der Waals surface area contributed by atoms with Gasteiger partial charge in [-0.15, -0.1) is 0 Å². The third-order valence-electron chi connectivity index (χ3n) is 2.86. The number of hydrogen-bond donors (Lipinski definition) is 1. The Morgan fingerprint density at radius 3 is 2.48 bits per heavy atom. The molecule has 0 saturated carbocycles. The van der Waals surface area contributed by atoms with Crippen LogP contribution in [0.3, 0.4) is 0 Å². The fourth-order valence-corrected chi connectivity index (χ4v) is 1.90. The van der Waals surface area contributed by atoms with Gasteiger partial charge in [0.2, 0.25) is 0 Å². The first kappa shape index (κ1) is 15.0. The lowest BCUT2D eigenvalue weighted by Gasteiger charge is -2.19. The second kappa shape index (κ2) is 6.83. The normalized spacial score (nSPS) is 11.8. The van der Waals surface area contributed by atoms with Crippen LogP contribution in [-0.2, 0) is 9.53 Å². The maximum Gasteiger partial charge on any atom is 0.333 e. The highest BCUT2D eigenvalue weighted by Crippen LogP contribution is 2.22. The number of ether oxygens (including phenoxy) is 1. The molecule has 3 nitrogen and oxygen atoms in total. The quantitative estimate of drug-likeness (QED) is 0.854. The molecule has 0 fully saturated rings. The third-order valence-corrected chi connectivity index (χ3v) is 2.86. The zero-order chi connectivity index (χ0) is 15.2. The largest absolute Gasteiger partial charge is 0.464 e. The maximum absolute atomic E-state index is 13.2. The summed E-state index contributed by atoms with van der Waals surface area (Å²) >= 11 is 0. The summed E-state index contributed by atoms with van der Waals surface area (Å²) in [7, 11) is 0. The molecule has 0 aliphatic heterocycles. The smallest absolute Gasteiger partial charge is 0.333 e. The number of esters is 1. The van der Waals surface area contributed by atoms with Gasteiger partial charge in [0.15, 0.2) is 6.04 Å². The summed E-state index contributed by atoms with van der Waals surface area (Å²) in [4.78, 5) is 12.0. The van der Waals surface area contributed by atoms with Crippen molar-refractivity contribution in [2.45, 2.75) is 13.0 Å². The first-order valence-corrected chi connectivity index (χ1v) is 6.54. The first-order chi connectivity index (χ1) is 10.1. The summed E-state index contributed by atoms with van der Waals surface area (Å²) in [5.41, 5.74) is 0.983. The monoisotopic (exact) mass is 291 g/mol. The average Bonchev–Trinajstić information content (AvgIpc) is 2.46. The van der Waals surface area contributed by atoms with Crippen LogP contribution in [0, 0.1) is 11.6 Å². The number of carbonyl (C=O) groups excluding carboxylic acids is 1. The summed E-state index contributed by atoms with van der Waals surface area (Å²) in [6.07, 6.45) is 0. The molecule has 0 bridgehead atoms. The lowest BCUT2D eigenvalue weighted by Crippen LogP contribution is -2.23. The number of carbonyl (C=O) groups is 1. The lowest BCUT2D eigenvalue weighted by molar-refractivity contribution is -0.144. The van der Waals surface area contributed by atoms with Crippen LogP contribution in [0.5, 0.6) is 0 Å². The molecule has 1 N–H and O–H groups in total. The number of rotatable bonds is 5. The van der Waals surface area contributed by atoms with E-state index in [4.69, 9.17) is 4.74 Å². The third kappa shape index (κ3) is 4.02. The second-order valence-electron chi connectivity index (χ2n) is 4.39. The van der Waals surface area contributed by atoms with Crippen LogP contribution in [0.4, 0.5) is 14.5 Å². The molecule has 0 heterocycles. The summed E-state index contributed by atoms with van der Waals surface area (Å²) in [5, 5.41) is 2.90. The van der Waals surface area contributed by atoms with Gasteiger partial charge in [-0.1, -0.05) is 18.2 Å². The Balaban J connectivity index is 2.27. The van der Waals surface area contributed by atoms with Crippen LogP contribution in [0.1, 0.15) is 18.5 Å². The molecule has 2 aromatic carbocycles. The van der Waals surface area contributed by atoms with Gasteiger partial charge in [-0.05, 0) is 42.8 Å². The molecule has 21 heavy (non-hydrogen) atoms. The zero-order valence-corrected chi connectivity index (χ0v) is 11.5. The van der Waals surface area contributed by atoms with E-state index in [0.717, 1.165) is 0 Å². The van der Waals surface area contributed by atoms with E-state index < -0.39 is 23.6 Å². The Labute approximate surface area is 121 Å². The summed E-state index contributed by atoms with van der Waals surface area (Å²) < 4.78 is 31.2. The summed E-state index contributed by atoms with van der Waals surface area (Å²) in [6, 6.07) is 10.4. The maximum atomic E-state index is 13.2. The molecule has 110 valence electrons. The Bertz CT molecular complexity index is 614. The van der Waals surface area contributed by atoms with Gasteiger partial charge in [0.25, 0.3) is 0 Å². The topological polar surface area (TPSA) is 38.3 Å². The molecule has 0 aliphatic carbocycles. The van der Waals surface area contributed by atoms with E-state index in [-0.39, 0.29) is 6.61 Å². The number of hydrogen-bond acceptors (Lipinski definition) is 3. The van der Waals surface area contributed by atoms with Crippen molar-refractivity contribution in [2.75, 3.05) is 11.9 Å². The van der Waals surface area contributed by atoms with Gasteiger partial charge in [-0.3, -0.25) is 0 Å². The standard InChI is InChI=1S/C16H15F2NO2/c1-2-21-16(20)15(11-6-8-12(17)9-7-11)19-14-5-3-4-13(18)10-14/h3-10,15,19H,2H2,1H3. The molecule has 1 atom stereocenters. The molecule has 0 spiro atoms. The molecule has 0 saturated heterocycles. The average molecular weight is 291 g/mol. The molecule has 5 heteroatoms. The van der Waals surface area contributed by atoms with E-state index in [1.807, 2.05) is 0 Å². The van der Waals surface area contributed by atoms with Crippen molar-refractivity contribution in [3.63, 3.8) is 0 Å². The fourth-order valence-electron chi connectivity index (χ4n) is 1.90. The Morgan fingerprint density at radius 1 is 1.14 bits per heavy atom. The highest BCUT2D eigenvalue weighted by Gasteiger charge is 2.22. The van der Waals surface area contributed by atoms with E-state index in [2.05, 4.69) is 5.32 Å². The number of anilines is 1. The van der Waals surface area contributed by atoms with E-state index in [9.17, 15) is 13.6 Å². The van der Waals surface area contributed by atoms with Crippen molar-refractivity contribution in [2.24, 2.45) is 0 Å². The van der Waals surface area contributed by atoms with Gasteiger partial charge in [0, 0.05) is 5.69 Å². The van der Waals surface area contributed by atoms with Gasteiger partial charge >= 0.3 is 5.97 Å². The van der Waals surface area contributed by atoms with E-state index in [1.165, 1.54) is 42.5 Å². The zero-order valence-electron chi connectivity index (χ0n) is 11.5.